The Morgan fingerprint density at radius 3 is 2.33 bits per heavy atom. The van der Waals surface area contributed by atoms with Crippen molar-refractivity contribution in [1.29, 1.82) is 0 Å². The van der Waals surface area contributed by atoms with Gasteiger partial charge in [0.1, 0.15) is 5.75 Å². The van der Waals surface area contributed by atoms with Crippen LogP contribution in [0.4, 0.5) is 13.2 Å². The summed E-state index contributed by atoms with van der Waals surface area (Å²) in [5.41, 5.74) is 0.373. The molecule has 0 N–H and O–H groups in total. The van der Waals surface area contributed by atoms with E-state index in [1.807, 2.05) is 0 Å². The van der Waals surface area contributed by atoms with Gasteiger partial charge >= 0.3 is 6.36 Å². The van der Waals surface area contributed by atoms with E-state index in [9.17, 15) is 18.0 Å². The molecule has 1 amide bonds. The monoisotopic (exact) mass is 365 g/mol. The number of ether oxygens (including phenoxy) is 1. The minimum Gasteiger partial charge on any atom is -0.406 e. The third-order valence-electron chi connectivity index (χ3n) is 3.44. The number of hydrogen-bond donors (Lipinski definition) is 0. The Morgan fingerprint density at radius 1 is 1.29 bits per heavy atom. The van der Waals surface area contributed by atoms with Gasteiger partial charge in [-0.2, -0.15) is 0 Å². The number of benzene rings is 1. The number of carbonyl (C=O) groups is 1. The van der Waals surface area contributed by atoms with E-state index in [-0.39, 0.29) is 17.7 Å². The lowest BCUT2D eigenvalue weighted by molar-refractivity contribution is -0.274. The van der Waals surface area contributed by atoms with Crippen LogP contribution < -0.4 is 4.74 Å². The van der Waals surface area contributed by atoms with Crippen LogP contribution in [0.15, 0.2) is 24.3 Å². The molecule has 7 heteroatoms. The van der Waals surface area contributed by atoms with Gasteiger partial charge in [0, 0.05) is 23.5 Å². The van der Waals surface area contributed by atoms with Crippen molar-refractivity contribution in [1.82, 2.24) is 4.90 Å². The number of carbonyl (C=O) groups excluding carboxylic acids is 1. The summed E-state index contributed by atoms with van der Waals surface area (Å²) in [6, 6.07) is 5.29. The van der Waals surface area contributed by atoms with E-state index in [1.54, 1.807) is 4.90 Å². The maximum Gasteiger partial charge on any atom is 0.573 e. The van der Waals surface area contributed by atoms with E-state index in [1.165, 1.54) is 12.1 Å². The zero-order chi connectivity index (χ0) is 15.5. The maximum absolute atomic E-state index is 12.4. The van der Waals surface area contributed by atoms with Gasteiger partial charge in [0.05, 0.1) is 0 Å². The molecule has 116 valence electrons. The molecule has 0 aliphatic heterocycles. The smallest absolute Gasteiger partial charge is 0.406 e. The fourth-order valence-corrected chi connectivity index (χ4v) is 2.59. The Hall–Kier alpha value is -1.24. The Bertz CT molecular complexity index is 486. The largest absolute Gasteiger partial charge is 0.573 e. The fraction of sp³-hybridized carbons (Fsp3) is 0.500. The van der Waals surface area contributed by atoms with Gasteiger partial charge in [0.15, 0.2) is 0 Å². The zero-order valence-corrected chi connectivity index (χ0v) is 12.8. The first-order chi connectivity index (χ1) is 9.90. The molecule has 0 saturated heterocycles. The first kappa shape index (κ1) is 16.1. The lowest BCUT2D eigenvalue weighted by Gasteiger charge is -2.37. The normalized spacial score (nSPS) is 15.4. The highest BCUT2D eigenvalue weighted by Gasteiger charge is 2.31. The first-order valence-corrected chi connectivity index (χ1v) is 7.75. The van der Waals surface area contributed by atoms with Crippen molar-refractivity contribution >= 4 is 21.8 Å². The lowest BCUT2D eigenvalue weighted by Crippen LogP contribution is -2.45. The van der Waals surface area contributed by atoms with Crippen LogP contribution >= 0.6 is 15.9 Å². The molecule has 1 fully saturated rings. The molecule has 0 spiro atoms. The Balaban J connectivity index is 2.07. The van der Waals surface area contributed by atoms with Crippen molar-refractivity contribution in [3.05, 3.63) is 29.8 Å². The molecule has 0 heterocycles. The zero-order valence-electron chi connectivity index (χ0n) is 11.2. The van der Waals surface area contributed by atoms with Crippen molar-refractivity contribution < 1.29 is 22.7 Å². The maximum atomic E-state index is 12.4. The van der Waals surface area contributed by atoms with E-state index >= 15 is 0 Å². The van der Waals surface area contributed by atoms with Crippen LogP contribution in [-0.2, 0) is 0 Å². The third-order valence-corrected chi connectivity index (χ3v) is 3.79. The van der Waals surface area contributed by atoms with Crippen molar-refractivity contribution in [3.8, 4) is 5.75 Å². The molecular weight excluding hydrogens is 351 g/mol. The molecule has 0 atom stereocenters. The summed E-state index contributed by atoms with van der Waals surface area (Å²) >= 11 is 3.32. The van der Waals surface area contributed by atoms with Gasteiger partial charge in [0.25, 0.3) is 5.91 Å². The van der Waals surface area contributed by atoms with Crippen LogP contribution in [0.1, 0.15) is 29.6 Å². The molecular formula is C14H15BrF3NO2. The predicted octanol–water partition coefficient (Wildman–Crippen LogP) is 3.97. The second-order valence-electron chi connectivity index (χ2n) is 4.84. The highest BCUT2D eigenvalue weighted by Crippen LogP contribution is 2.27. The number of rotatable bonds is 5. The van der Waals surface area contributed by atoms with Gasteiger partial charge in [-0.15, -0.1) is 13.2 Å². The topological polar surface area (TPSA) is 29.5 Å². The summed E-state index contributed by atoms with van der Waals surface area (Å²) in [5.74, 6) is -0.479. The molecule has 1 aliphatic carbocycles. The molecule has 0 unspecified atom stereocenters. The average molecular weight is 366 g/mol. The van der Waals surface area contributed by atoms with Crippen LogP contribution in [0.3, 0.4) is 0 Å². The van der Waals surface area contributed by atoms with E-state index in [4.69, 9.17) is 0 Å². The summed E-state index contributed by atoms with van der Waals surface area (Å²) in [6.45, 7) is 0.588. The van der Waals surface area contributed by atoms with Crippen molar-refractivity contribution in [2.24, 2.45) is 0 Å². The number of nitrogens with zero attached hydrogens (tertiary/aromatic N) is 1. The molecule has 0 bridgehead atoms. The van der Waals surface area contributed by atoms with Crippen molar-refractivity contribution in [2.75, 3.05) is 11.9 Å². The lowest BCUT2D eigenvalue weighted by atomic mass is 9.91. The molecule has 0 radical (unpaired) electrons. The highest BCUT2D eigenvalue weighted by atomic mass is 79.9. The Morgan fingerprint density at radius 2 is 1.90 bits per heavy atom. The van der Waals surface area contributed by atoms with Crippen molar-refractivity contribution in [3.63, 3.8) is 0 Å². The van der Waals surface area contributed by atoms with Gasteiger partial charge in [-0.1, -0.05) is 15.9 Å². The molecule has 1 aromatic rings. The van der Waals surface area contributed by atoms with Crippen LogP contribution in [0.2, 0.25) is 0 Å². The van der Waals surface area contributed by atoms with Gasteiger partial charge in [-0.05, 0) is 43.5 Å². The molecule has 2 rings (SSSR count). The van der Waals surface area contributed by atoms with E-state index < -0.39 is 6.36 Å². The minimum atomic E-state index is -4.72. The van der Waals surface area contributed by atoms with Gasteiger partial charge in [0.2, 0.25) is 0 Å². The molecule has 1 saturated carbocycles. The second kappa shape index (κ2) is 6.68. The van der Waals surface area contributed by atoms with Crippen molar-refractivity contribution in [2.45, 2.75) is 31.7 Å². The fourth-order valence-electron chi connectivity index (χ4n) is 2.20. The summed E-state index contributed by atoms with van der Waals surface area (Å²) in [4.78, 5) is 14.2. The SMILES string of the molecule is O=C(c1ccc(OC(F)(F)F)cc1)N(CCBr)C1CCC1. The molecule has 21 heavy (non-hydrogen) atoms. The van der Waals surface area contributed by atoms with Crippen LogP contribution in [0.25, 0.3) is 0 Å². The predicted molar refractivity (Wildman–Crippen MR) is 75.6 cm³/mol. The summed E-state index contributed by atoms with van der Waals surface area (Å²) < 4.78 is 40.0. The molecule has 1 aliphatic rings. The molecule has 3 nitrogen and oxygen atoms in total. The quantitative estimate of drug-likeness (QED) is 0.738. The van der Waals surface area contributed by atoms with Crippen LogP contribution in [-0.4, -0.2) is 35.1 Å². The molecule has 1 aromatic carbocycles. The molecule has 0 aromatic heterocycles. The summed E-state index contributed by atoms with van der Waals surface area (Å²) in [5, 5.41) is 0.671. The van der Waals surface area contributed by atoms with Crippen LogP contribution in [0.5, 0.6) is 5.75 Å². The van der Waals surface area contributed by atoms with E-state index in [0.717, 1.165) is 31.4 Å². The Labute approximate surface area is 129 Å². The number of amides is 1. The highest BCUT2D eigenvalue weighted by molar-refractivity contribution is 9.09. The van der Waals surface area contributed by atoms with E-state index in [0.29, 0.717) is 17.4 Å². The second-order valence-corrected chi connectivity index (χ2v) is 5.64. The van der Waals surface area contributed by atoms with Gasteiger partial charge in [-0.25, -0.2) is 0 Å². The van der Waals surface area contributed by atoms with Gasteiger partial charge in [-0.3, -0.25) is 4.79 Å². The Kier molecular flexibility index (Phi) is 5.13. The minimum absolute atomic E-state index is 0.155. The van der Waals surface area contributed by atoms with Crippen LogP contribution in [0, 0.1) is 0 Å². The number of alkyl halides is 4. The van der Waals surface area contributed by atoms with E-state index in [2.05, 4.69) is 20.7 Å². The average Bonchev–Trinajstić information content (AvgIpc) is 2.34. The number of halogens is 4. The summed E-state index contributed by atoms with van der Waals surface area (Å²) in [7, 11) is 0. The summed E-state index contributed by atoms with van der Waals surface area (Å²) in [6.07, 6.45) is -1.66. The number of hydrogen-bond acceptors (Lipinski definition) is 2. The third kappa shape index (κ3) is 4.36. The first-order valence-electron chi connectivity index (χ1n) is 6.63. The standard InChI is InChI=1S/C14H15BrF3NO2/c15-8-9-19(11-2-1-3-11)13(20)10-4-6-12(7-5-10)21-14(16,17)18/h4-7,11H,1-3,8-9H2. The van der Waals surface area contributed by atoms with Gasteiger partial charge < -0.3 is 9.64 Å².